The van der Waals surface area contributed by atoms with Gasteiger partial charge in [0.05, 0.1) is 17.1 Å². The molecular formula is C22H23Cl2N5O3. The fraction of sp³-hybridized carbons (Fsp3) is 0.318. The zero-order valence-corrected chi connectivity index (χ0v) is 18.8. The van der Waals surface area contributed by atoms with Crippen molar-refractivity contribution in [1.82, 2.24) is 14.9 Å². The Balaban J connectivity index is 1.36. The van der Waals surface area contributed by atoms with Crippen LogP contribution in [0.4, 0.5) is 11.6 Å². The minimum Gasteiger partial charge on any atom is -0.482 e. The van der Waals surface area contributed by atoms with Crippen LogP contribution in [0.1, 0.15) is 0 Å². The molecule has 3 aromatic rings. The molecule has 0 atom stereocenters. The quantitative estimate of drug-likeness (QED) is 0.542. The molecule has 4 rings (SSSR count). The van der Waals surface area contributed by atoms with Crippen LogP contribution in [-0.2, 0) is 4.79 Å². The summed E-state index contributed by atoms with van der Waals surface area (Å²) in [6.45, 7) is 4.06. The van der Waals surface area contributed by atoms with Gasteiger partial charge < -0.3 is 20.1 Å². The van der Waals surface area contributed by atoms with Crippen LogP contribution in [0.3, 0.4) is 0 Å². The Bertz CT molecular complexity index is 1110. The Morgan fingerprint density at radius 1 is 1.12 bits per heavy atom. The van der Waals surface area contributed by atoms with Gasteiger partial charge in [0, 0.05) is 55.0 Å². The first kappa shape index (κ1) is 22.5. The van der Waals surface area contributed by atoms with E-state index in [-0.39, 0.29) is 19.1 Å². The molecule has 10 heteroatoms. The number of nitrogens with one attached hydrogen (secondary N) is 1. The number of hydrogen-bond acceptors (Lipinski definition) is 7. The van der Waals surface area contributed by atoms with Crippen LogP contribution in [0.2, 0.25) is 10.0 Å². The smallest absolute Gasteiger partial charge is 0.262 e. The lowest BCUT2D eigenvalue weighted by Gasteiger charge is -2.34. The van der Waals surface area contributed by atoms with Crippen LogP contribution < -0.4 is 15.0 Å². The first-order valence-corrected chi connectivity index (χ1v) is 11.0. The number of carbonyl (C=O) groups is 1. The van der Waals surface area contributed by atoms with Crippen LogP contribution >= 0.6 is 23.2 Å². The van der Waals surface area contributed by atoms with Gasteiger partial charge in [0.2, 0.25) is 5.95 Å². The van der Waals surface area contributed by atoms with Crippen molar-refractivity contribution >= 4 is 51.6 Å². The summed E-state index contributed by atoms with van der Waals surface area (Å²) in [5, 5.41) is 13.6. The van der Waals surface area contributed by atoms with E-state index in [4.69, 9.17) is 33.0 Å². The van der Waals surface area contributed by atoms with Gasteiger partial charge >= 0.3 is 0 Å². The van der Waals surface area contributed by atoms with Crippen LogP contribution in [0.25, 0.3) is 10.9 Å². The Hall–Kier alpha value is -2.65. The summed E-state index contributed by atoms with van der Waals surface area (Å²) in [5.41, 5.74) is 1.43. The molecule has 32 heavy (non-hydrogen) atoms. The Labute approximate surface area is 195 Å². The lowest BCUT2D eigenvalue weighted by atomic mass is 10.2. The number of rotatable bonds is 7. The fourth-order valence-corrected chi connectivity index (χ4v) is 3.96. The number of benzene rings is 2. The molecule has 2 N–H and O–H groups in total. The largest absolute Gasteiger partial charge is 0.482 e. The van der Waals surface area contributed by atoms with Gasteiger partial charge in [-0.3, -0.25) is 9.69 Å². The molecule has 0 spiro atoms. The number of halogens is 2. The van der Waals surface area contributed by atoms with Crippen molar-refractivity contribution in [1.29, 1.82) is 0 Å². The van der Waals surface area contributed by atoms with Crippen LogP contribution in [0.5, 0.6) is 5.75 Å². The number of piperazine rings is 1. The second-order valence-electron chi connectivity index (χ2n) is 7.41. The third kappa shape index (κ3) is 5.58. The average molecular weight is 476 g/mol. The Morgan fingerprint density at radius 2 is 1.94 bits per heavy atom. The highest BCUT2D eigenvalue weighted by molar-refractivity contribution is 6.35. The number of fused-ring (bicyclic) bond motifs is 1. The standard InChI is InChI=1S/C22H23Cl2N5O3/c23-16-1-4-20(18(24)12-16)32-14-21(31)26-17-2-3-19-15(11-17)13-25-22(27-19)29-7-5-28(6-8-29)9-10-30/h1-4,11-13,30H,5-10,14H2,(H,26,31). The molecule has 1 fully saturated rings. The van der Waals surface area contributed by atoms with Crippen molar-refractivity contribution in [2.75, 3.05) is 56.2 Å². The maximum absolute atomic E-state index is 12.3. The molecule has 8 nitrogen and oxygen atoms in total. The van der Waals surface area contributed by atoms with Crippen molar-refractivity contribution in [3.05, 3.63) is 52.6 Å². The molecule has 0 bridgehead atoms. The highest BCUT2D eigenvalue weighted by Crippen LogP contribution is 2.27. The summed E-state index contributed by atoms with van der Waals surface area (Å²) in [6, 6.07) is 10.3. The molecule has 0 radical (unpaired) electrons. The summed E-state index contributed by atoms with van der Waals surface area (Å²) >= 11 is 11.9. The first-order valence-electron chi connectivity index (χ1n) is 10.2. The molecule has 0 aliphatic carbocycles. The molecule has 0 unspecified atom stereocenters. The van der Waals surface area contributed by atoms with E-state index in [1.54, 1.807) is 30.5 Å². The van der Waals surface area contributed by atoms with Crippen molar-refractivity contribution in [3.63, 3.8) is 0 Å². The van der Waals surface area contributed by atoms with Gasteiger partial charge in [0.1, 0.15) is 5.75 Å². The monoisotopic (exact) mass is 475 g/mol. The molecular weight excluding hydrogens is 453 g/mol. The highest BCUT2D eigenvalue weighted by Gasteiger charge is 2.18. The van der Waals surface area contributed by atoms with E-state index in [0.29, 0.717) is 34.0 Å². The van der Waals surface area contributed by atoms with Crippen molar-refractivity contribution < 1.29 is 14.6 Å². The minimum atomic E-state index is -0.311. The average Bonchev–Trinajstić information content (AvgIpc) is 2.79. The van der Waals surface area contributed by atoms with Gasteiger partial charge in [-0.05, 0) is 36.4 Å². The van der Waals surface area contributed by atoms with Crippen molar-refractivity contribution in [2.24, 2.45) is 0 Å². The molecule has 1 saturated heterocycles. The number of aromatic nitrogens is 2. The van der Waals surface area contributed by atoms with Gasteiger partial charge in [-0.25, -0.2) is 9.97 Å². The number of β-amino-alcohol motifs (C(OH)–C–C–N with tert-alkyl or cyclic N) is 1. The first-order chi connectivity index (χ1) is 15.5. The maximum atomic E-state index is 12.3. The molecule has 1 amide bonds. The number of anilines is 2. The molecule has 1 aliphatic rings. The highest BCUT2D eigenvalue weighted by atomic mass is 35.5. The topological polar surface area (TPSA) is 90.8 Å². The van der Waals surface area contributed by atoms with Crippen molar-refractivity contribution in [2.45, 2.75) is 0 Å². The van der Waals surface area contributed by atoms with E-state index in [1.807, 2.05) is 12.1 Å². The van der Waals surface area contributed by atoms with E-state index in [9.17, 15) is 4.79 Å². The van der Waals surface area contributed by atoms with Crippen LogP contribution in [0, 0.1) is 0 Å². The van der Waals surface area contributed by atoms with Crippen LogP contribution in [-0.4, -0.2) is 71.8 Å². The molecule has 1 aliphatic heterocycles. The fourth-order valence-electron chi connectivity index (χ4n) is 3.50. The second kappa shape index (κ2) is 10.3. The van der Waals surface area contributed by atoms with E-state index >= 15 is 0 Å². The molecule has 0 saturated carbocycles. The van der Waals surface area contributed by atoms with Gasteiger partial charge in [0.25, 0.3) is 5.91 Å². The lowest BCUT2D eigenvalue weighted by Crippen LogP contribution is -2.47. The van der Waals surface area contributed by atoms with E-state index < -0.39 is 0 Å². The summed E-state index contributed by atoms with van der Waals surface area (Å²) in [4.78, 5) is 25.8. The number of amides is 1. The van der Waals surface area contributed by atoms with E-state index in [0.717, 1.165) is 37.1 Å². The third-order valence-corrected chi connectivity index (χ3v) is 5.71. The second-order valence-corrected chi connectivity index (χ2v) is 8.25. The van der Waals surface area contributed by atoms with Gasteiger partial charge in [-0.15, -0.1) is 0 Å². The van der Waals surface area contributed by atoms with E-state index in [2.05, 4.69) is 25.1 Å². The maximum Gasteiger partial charge on any atom is 0.262 e. The normalized spacial score (nSPS) is 14.5. The lowest BCUT2D eigenvalue weighted by molar-refractivity contribution is -0.118. The van der Waals surface area contributed by atoms with Gasteiger partial charge in [0.15, 0.2) is 6.61 Å². The SMILES string of the molecule is O=C(COc1ccc(Cl)cc1Cl)Nc1ccc2nc(N3CCN(CCO)CC3)ncc2c1. The van der Waals surface area contributed by atoms with Gasteiger partial charge in [-0.1, -0.05) is 23.2 Å². The summed E-state index contributed by atoms with van der Waals surface area (Å²) in [5.74, 6) is 0.766. The number of hydrogen-bond donors (Lipinski definition) is 2. The predicted molar refractivity (Wildman–Crippen MR) is 126 cm³/mol. The molecule has 1 aromatic heterocycles. The number of ether oxygens (including phenoxy) is 1. The zero-order valence-electron chi connectivity index (χ0n) is 17.3. The minimum absolute atomic E-state index is 0.173. The van der Waals surface area contributed by atoms with Gasteiger partial charge in [-0.2, -0.15) is 0 Å². The number of aliphatic hydroxyl groups is 1. The number of carbonyl (C=O) groups excluding carboxylic acids is 1. The molecule has 2 heterocycles. The predicted octanol–water partition coefficient (Wildman–Crippen LogP) is 3.07. The summed E-state index contributed by atoms with van der Waals surface area (Å²) in [6.07, 6.45) is 1.76. The summed E-state index contributed by atoms with van der Waals surface area (Å²) in [7, 11) is 0. The molecule has 168 valence electrons. The Morgan fingerprint density at radius 3 is 2.69 bits per heavy atom. The van der Waals surface area contributed by atoms with Crippen LogP contribution in [0.15, 0.2) is 42.6 Å². The number of aliphatic hydroxyl groups excluding tert-OH is 1. The summed E-state index contributed by atoms with van der Waals surface area (Å²) < 4.78 is 5.47. The van der Waals surface area contributed by atoms with E-state index in [1.165, 1.54) is 0 Å². The Kier molecular flexibility index (Phi) is 7.26. The molecule has 2 aromatic carbocycles. The zero-order chi connectivity index (χ0) is 22.5. The van der Waals surface area contributed by atoms with Crippen molar-refractivity contribution in [3.8, 4) is 5.75 Å². The number of nitrogens with zero attached hydrogens (tertiary/aromatic N) is 4. The third-order valence-electron chi connectivity index (χ3n) is 5.17.